The molecule has 3 heteroatoms. The van der Waals surface area contributed by atoms with E-state index >= 15 is 0 Å². The fourth-order valence-corrected chi connectivity index (χ4v) is 3.00. The van der Waals surface area contributed by atoms with E-state index in [1.165, 1.54) is 0 Å². The van der Waals surface area contributed by atoms with Gasteiger partial charge in [0.05, 0.1) is 12.4 Å². The molecule has 21 heavy (non-hydrogen) atoms. The van der Waals surface area contributed by atoms with Crippen molar-refractivity contribution < 1.29 is 9.15 Å². The molecular weight excluding hydrogens is 262 g/mol. The van der Waals surface area contributed by atoms with Crippen LogP contribution in [0.5, 0.6) is 0 Å². The first kappa shape index (κ1) is 16.6. The maximum atomic E-state index is 6.03. The summed E-state index contributed by atoms with van der Waals surface area (Å²) < 4.78 is 11.4. The number of hydrogen-bond acceptors (Lipinski definition) is 3. The minimum atomic E-state index is 0.230. The molecule has 1 heterocycles. The van der Waals surface area contributed by atoms with Gasteiger partial charge >= 0.3 is 0 Å². The molecule has 0 amide bonds. The predicted octanol–water partition coefficient (Wildman–Crippen LogP) is 4.03. The monoisotopic (exact) mass is 293 g/mol. The Labute approximate surface area is 129 Å². The third-order valence-electron chi connectivity index (χ3n) is 4.70. The maximum absolute atomic E-state index is 6.03. The van der Waals surface area contributed by atoms with Crippen molar-refractivity contribution in [3.63, 3.8) is 0 Å². The molecule has 0 radical (unpaired) electrons. The van der Waals surface area contributed by atoms with Crippen LogP contribution in [-0.4, -0.2) is 24.8 Å². The molecule has 1 N–H and O–H groups in total. The second kappa shape index (κ2) is 6.97. The van der Waals surface area contributed by atoms with Gasteiger partial charge in [-0.05, 0) is 37.8 Å². The van der Waals surface area contributed by atoms with E-state index in [4.69, 9.17) is 9.15 Å². The smallest absolute Gasteiger partial charge is 0.103 e. The molecule has 1 fully saturated rings. The summed E-state index contributed by atoms with van der Waals surface area (Å²) in [7, 11) is 0. The number of aryl methyl sites for hydroxylation is 1. The van der Waals surface area contributed by atoms with Crippen LogP contribution < -0.4 is 5.32 Å². The van der Waals surface area contributed by atoms with E-state index in [-0.39, 0.29) is 5.41 Å². The molecule has 120 valence electrons. The molecule has 1 aromatic rings. The highest BCUT2D eigenvalue weighted by molar-refractivity contribution is 5.04. The second-order valence-corrected chi connectivity index (χ2v) is 7.51. The van der Waals surface area contributed by atoms with Crippen LogP contribution in [-0.2, 0) is 11.2 Å². The topological polar surface area (TPSA) is 34.4 Å². The van der Waals surface area contributed by atoms with Crippen LogP contribution in [0.4, 0.5) is 0 Å². The molecule has 2 rings (SSSR count). The first-order valence-corrected chi connectivity index (χ1v) is 8.29. The zero-order valence-corrected chi connectivity index (χ0v) is 14.2. The lowest BCUT2D eigenvalue weighted by molar-refractivity contribution is -0.125. The highest BCUT2D eigenvalue weighted by Gasteiger charge is 2.49. The normalized spacial score (nSPS) is 25.8. The predicted molar refractivity (Wildman–Crippen MR) is 86.4 cm³/mol. The van der Waals surface area contributed by atoms with Gasteiger partial charge in [-0.3, -0.25) is 0 Å². The Balaban J connectivity index is 1.71. The lowest BCUT2D eigenvalue weighted by atomic mass is 9.64. The molecular formula is C18H31NO2. The Morgan fingerprint density at radius 1 is 1.38 bits per heavy atom. The van der Waals surface area contributed by atoms with E-state index in [0.717, 1.165) is 31.6 Å². The van der Waals surface area contributed by atoms with Crippen molar-refractivity contribution in [3.8, 4) is 0 Å². The van der Waals surface area contributed by atoms with E-state index in [1.807, 2.05) is 6.07 Å². The summed E-state index contributed by atoms with van der Waals surface area (Å²) in [5.41, 5.74) is 0.230. The summed E-state index contributed by atoms with van der Waals surface area (Å²) in [6, 6.07) is 5.07. The molecule has 3 atom stereocenters. The molecule has 1 aliphatic rings. The van der Waals surface area contributed by atoms with Crippen molar-refractivity contribution >= 4 is 0 Å². The summed E-state index contributed by atoms with van der Waals surface area (Å²) in [4.78, 5) is 0. The zero-order valence-electron chi connectivity index (χ0n) is 14.2. The Morgan fingerprint density at radius 2 is 2.14 bits per heavy atom. The van der Waals surface area contributed by atoms with Gasteiger partial charge in [0.1, 0.15) is 5.76 Å². The minimum Gasteiger partial charge on any atom is -0.469 e. The quantitative estimate of drug-likeness (QED) is 0.786. The molecule has 3 nitrogen and oxygen atoms in total. The van der Waals surface area contributed by atoms with Crippen LogP contribution in [0.15, 0.2) is 22.8 Å². The highest BCUT2D eigenvalue weighted by atomic mass is 16.5. The Morgan fingerprint density at radius 3 is 2.71 bits per heavy atom. The largest absolute Gasteiger partial charge is 0.469 e. The van der Waals surface area contributed by atoms with E-state index < -0.39 is 0 Å². The Hall–Kier alpha value is -0.800. The van der Waals surface area contributed by atoms with Crippen molar-refractivity contribution in [3.05, 3.63) is 24.2 Å². The van der Waals surface area contributed by atoms with Gasteiger partial charge in [0.2, 0.25) is 0 Å². The van der Waals surface area contributed by atoms with Gasteiger partial charge in [-0.25, -0.2) is 0 Å². The van der Waals surface area contributed by atoms with E-state index in [2.05, 4.69) is 46.0 Å². The summed E-state index contributed by atoms with van der Waals surface area (Å²) in [5, 5.41) is 3.76. The lowest BCUT2D eigenvalue weighted by Crippen LogP contribution is -2.62. The van der Waals surface area contributed by atoms with Crippen molar-refractivity contribution in [1.29, 1.82) is 0 Å². The third kappa shape index (κ3) is 4.33. The number of ether oxygens (including phenoxy) is 1. The number of nitrogens with one attached hydrogen (secondary N) is 1. The van der Waals surface area contributed by atoms with Crippen molar-refractivity contribution in [1.82, 2.24) is 5.32 Å². The molecule has 0 bridgehead atoms. The lowest BCUT2D eigenvalue weighted by Gasteiger charge is -2.53. The summed E-state index contributed by atoms with van der Waals surface area (Å²) in [6.07, 6.45) is 5.39. The molecule has 0 saturated heterocycles. The van der Waals surface area contributed by atoms with Gasteiger partial charge in [-0.1, -0.05) is 27.7 Å². The average Bonchev–Trinajstić information content (AvgIpc) is 2.92. The summed E-state index contributed by atoms with van der Waals surface area (Å²) >= 11 is 0. The van der Waals surface area contributed by atoms with Crippen LogP contribution in [0.3, 0.4) is 0 Å². The number of furan rings is 1. The standard InChI is InChI=1S/C18H31NO2/c1-13(2)12-21-17-11-16(18(17,4)5)19-14(3)8-9-15-7-6-10-20-15/h6-7,10,13-14,16-17,19H,8-9,11-12H2,1-5H3. The molecule has 1 aromatic heterocycles. The number of rotatable bonds is 8. The van der Waals surface area contributed by atoms with E-state index in [1.54, 1.807) is 6.26 Å². The van der Waals surface area contributed by atoms with Gasteiger partial charge in [0, 0.05) is 30.5 Å². The van der Waals surface area contributed by atoms with Crippen molar-refractivity contribution in [2.24, 2.45) is 11.3 Å². The van der Waals surface area contributed by atoms with E-state index in [9.17, 15) is 0 Å². The van der Waals surface area contributed by atoms with Gasteiger partial charge in [-0.15, -0.1) is 0 Å². The zero-order chi connectivity index (χ0) is 15.5. The average molecular weight is 293 g/mol. The van der Waals surface area contributed by atoms with Crippen molar-refractivity contribution in [2.75, 3.05) is 6.61 Å². The van der Waals surface area contributed by atoms with Crippen LogP contribution >= 0.6 is 0 Å². The van der Waals surface area contributed by atoms with E-state index in [0.29, 0.717) is 24.1 Å². The van der Waals surface area contributed by atoms with Crippen LogP contribution in [0.1, 0.15) is 53.2 Å². The molecule has 1 saturated carbocycles. The first-order valence-electron chi connectivity index (χ1n) is 8.29. The summed E-state index contributed by atoms with van der Waals surface area (Å²) in [5.74, 6) is 1.69. The fourth-order valence-electron chi connectivity index (χ4n) is 3.00. The van der Waals surface area contributed by atoms with Crippen LogP contribution in [0.2, 0.25) is 0 Å². The SMILES string of the molecule is CC(C)COC1CC(NC(C)CCc2ccco2)C1(C)C. The van der Waals surface area contributed by atoms with Gasteiger partial charge < -0.3 is 14.5 Å². The highest BCUT2D eigenvalue weighted by Crippen LogP contribution is 2.43. The Kier molecular flexibility index (Phi) is 5.50. The molecule has 3 unspecified atom stereocenters. The molecule has 0 spiro atoms. The van der Waals surface area contributed by atoms with Crippen molar-refractivity contribution in [2.45, 2.75) is 72.1 Å². The van der Waals surface area contributed by atoms with Crippen LogP contribution in [0.25, 0.3) is 0 Å². The van der Waals surface area contributed by atoms with Gasteiger partial charge in [0.15, 0.2) is 0 Å². The third-order valence-corrected chi connectivity index (χ3v) is 4.70. The minimum absolute atomic E-state index is 0.230. The van der Waals surface area contributed by atoms with Gasteiger partial charge in [0.25, 0.3) is 0 Å². The fraction of sp³-hybridized carbons (Fsp3) is 0.778. The molecule has 0 aliphatic heterocycles. The maximum Gasteiger partial charge on any atom is 0.103 e. The first-order chi connectivity index (χ1) is 9.89. The molecule has 0 aromatic carbocycles. The van der Waals surface area contributed by atoms with Gasteiger partial charge in [-0.2, -0.15) is 0 Å². The Bertz CT molecular complexity index is 411. The second-order valence-electron chi connectivity index (χ2n) is 7.51. The molecule has 1 aliphatic carbocycles. The van der Waals surface area contributed by atoms with Crippen LogP contribution in [0, 0.1) is 11.3 Å². The summed E-state index contributed by atoms with van der Waals surface area (Å²) in [6.45, 7) is 12.2. The number of hydrogen-bond donors (Lipinski definition) is 1.